The van der Waals surface area contributed by atoms with Gasteiger partial charge >= 0.3 is 0 Å². The minimum Gasteiger partial charge on any atom is -0.410 e. The van der Waals surface area contributed by atoms with Gasteiger partial charge in [-0.25, -0.2) is 0 Å². The number of aliphatic hydroxyl groups excluding tert-OH is 1. The molecule has 1 N–H and O–H groups in total. The molecular formula is C24H49N3O2Si. The second-order valence-electron chi connectivity index (χ2n) is 10.0. The van der Waals surface area contributed by atoms with Gasteiger partial charge in [-0.05, 0) is 36.5 Å². The summed E-state index contributed by atoms with van der Waals surface area (Å²) in [7, 11) is -2.03. The highest BCUT2D eigenvalue weighted by molar-refractivity contribution is 6.74. The van der Waals surface area contributed by atoms with Crippen LogP contribution in [-0.2, 0) is 4.43 Å². The van der Waals surface area contributed by atoms with Crippen LogP contribution in [0.1, 0.15) is 105 Å². The van der Waals surface area contributed by atoms with Crippen LogP contribution >= 0.6 is 0 Å². The van der Waals surface area contributed by atoms with Crippen LogP contribution in [0.2, 0.25) is 18.1 Å². The van der Waals surface area contributed by atoms with Gasteiger partial charge in [-0.3, -0.25) is 0 Å². The van der Waals surface area contributed by atoms with Crippen molar-refractivity contribution >= 4 is 8.32 Å². The highest BCUT2D eigenvalue weighted by Gasteiger charge is 2.40. The first-order valence-electron chi connectivity index (χ1n) is 12.2. The summed E-state index contributed by atoms with van der Waals surface area (Å²) in [5.41, 5.74) is 8.84. The molecule has 0 aliphatic carbocycles. The molecule has 30 heavy (non-hydrogen) atoms. The van der Waals surface area contributed by atoms with Crippen molar-refractivity contribution in [2.45, 2.75) is 135 Å². The molecule has 0 saturated heterocycles. The zero-order valence-electron chi connectivity index (χ0n) is 20.7. The summed E-state index contributed by atoms with van der Waals surface area (Å²) in [6.07, 6.45) is 19.5. The van der Waals surface area contributed by atoms with Crippen molar-refractivity contribution in [1.29, 1.82) is 0 Å². The fourth-order valence-corrected chi connectivity index (χ4v) is 4.46. The first-order valence-corrected chi connectivity index (χ1v) is 15.1. The van der Waals surface area contributed by atoms with Crippen LogP contribution in [0, 0.1) is 0 Å². The molecule has 0 aromatic heterocycles. The molecule has 0 amide bonds. The summed E-state index contributed by atoms with van der Waals surface area (Å²) in [4.78, 5) is 2.90. The van der Waals surface area contributed by atoms with Gasteiger partial charge < -0.3 is 9.53 Å². The molecule has 0 heterocycles. The van der Waals surface area contributed by atoms with Crippen LogP contribution in [0.15, 0.2) is 17.3 Å². The van der Waals surface area contributed by atoms with Gasteiger partial charge in [-0.1, -0.05) is 109 Å². The first-order chi connectivity index (χ1) is 14.2. The Morgan fingerprint density at radius 1 is 0.967 bits per heavy atom. The summed E-state index contributed by atoms with van der Waals surface area (Å²) >= 11 is 0. The van der Waals surface area contributed by atoms with Crippen LogP contribution in [0.3, 0.4) is 0 Å². The zero-order chi connectivity index (χ0) is 22.9. The van der Waals surface area contributed by atoms with Crippen LogP contribution in [0.25, 0.3) is 10.4 Å². The quantitative estimate of drug-likeness (QED) is 0.0582. The molecule has 0 rings (SSSR count). The monoisotopic (exact) mass is 439 g/mol. The molecule has 0 fully saturated rings. The predicted molar refractivity (Wildman–Crippen MR) is 132 cm³/mol. The van der Waals surface area contributed by atoms with Crippen molar-refractivity contribution in [3.05, 3.63) is 22.6 Å². The van der Waals surface area contributed by atoms with Gasteiger partial charge in [0, 0.05) is 4.91 Å². The predicted octanol–water partition coefficient (Wildman–Crippen LogP) is 8.31. The molecule has 0 unspecified atom stereocenters. The highest BCUT2D eigenvalue weighted by Crippen LogP contribution is 2.38. The van der Waals surface area contributed by atoms with Crippen molar-refractivity contribution in [3.63, 3.8) is 0 Å². The van der Waals surface area contributed by atoms with Gasteiger partial charge in [0.2, 0.25) is 0 Å². The number of hydrogen-bond acceptors (Lipinski definition) is 3. The third-order valence-electron chi connectivity index (χ3n) is 6.30. The molecular weight excluding hydrogens is 390 g/mol. The minimum atomic E-state index is -2.03. The number of rotatable bonds is 18. The summed E-state index contributed by atoms with van der Waals surface area (Å²) in [6, 6.07) is -0.572. The lowest BCUT2D eigenvalue weighted by Crippen LogP contribution is -2.46. The van der Waals surface area contributed by atoms with Gasteiger partial charge in [0.15, 0.2) is 8.32 Å². The van der Waals surface area contributed by atoms with Crippen molar-refractivity contribution < 1.29 is 9.53 Å². The largest absolute Gasteiger partial charge is 0.410 e. The molecule has 0 aliphatic heterocycles. The van der Waals surface area contributed by atoms with Crippen molar-refractivity contribution in [3.8, 4) is 0 Å². The van der Waals surface area contributed by atoms with Crippen LogP contribution in [0.4, 0.5) is 0 Å². The molecule has 0 aromatic rings. The molecule has 0 radical (unpaired) electrons. The summed E-state index contributed by atoms with van der Waals surface area (Å²) in [6.45, 7) is 13.0. The Hall–Kier alpha value is -0.813. The number of hydrogen-bond donors (Lipinski definition) is 1. The van der Waals surface area contributed by atoms with E-state index >= 15 is 0 Å². The van der Waals surface area contributed by atoms with E-state index < -0.39 is 14.4 Å². The molecule has 0 saturated carbocycles. The van der Waals surface area contributed by atoms with Gasteiger partial charge in [-0.15, -0.1) is 0 Å². The van der Waals surface area contributed by atoms with Gasteiger partial charge in [0.05, 0.1) is 18.8 Å². The summed E-state index contributed by atoms with van der Waals surface area (Å²) < 4.78 is 6.44. The lowest BCUT2D eigenvalue weighted by Gasteiger charge is -2.39. The van der Waals surface area contributed by atoms with E-state index in [4.69, 9.17) is 9.96 Å². The van der Waals surface area contributed by atoms with E-state index in [1.54, 1.807) is 0 Å². The molecule has 0 bridgehead atoms. The second kappa shape index (κ2) is 16.8. The van der Waals surface area contributed by atoms with E-state index in [1.807, 2.05) is 6.08 Å². The first kappa shape index (κ1) is 29.2. The van der Waals surface area contributed by atoms with E-state index in [1.165, 1.54) is 70.6 Å². The molecule has 5 nitrogen and oxygen atoms in total. The molecule has 0 aliphatic rings. The Labute approximate surface area is 187 Å². The number of unbranched alkanes of at least 4 members (excludes halogenated alkanes) is 11. The summed E-state index contributed by atoms with van der Waals surface area (Å²) in [5, 5.41) is 13.5. The lowest BCUT2D eigenvalue weighted by molar-refractivity contribution is 0.149. The topological polar surface area (TPSA) is 78.2 Å². The van der Waals surface area contributed by atoms with Crippen molar-refractivity contribution in [2.24, 2.45) is 5.11 Å². The maximum atomic E-state index is 9.67. The van der Waals surface area contributed by atoms with Crippen molar-refractivity contribution in [1.82, 2.24) is 0 Å². The third-order valence-corrected chi connectivity index (χ3v) is 10.8. The smallest absolute Gasteiger partial charge is 0.192 e. The van der Waals surface area contributed by atoms with Crippen LogP contribution < -0.4 is 0 Å². The molecule has 6 heteroatoms. The SMILES string of the molecule is CCCCCCCCCCCCC/C=C/[C@@H](O[Si](C)(C)C(C)(C)C)[C@H](CO)N=[N+]=[N-]. The van der Waals surface area contributed by atoms with Gasteiger partial charge in [-0.2, -0.15) is 0 Å². The number of allylic oxidation sites excluding steroid dienone is 1. The van der Waals surface area contributed by atoms with Crippen LogP contribution in [-0.4, -0.2) is 32.2 Å². The average Bonchev–Trinajstić information content (AvgIpc) is 2.67. The van der Waals surface area contributed by atoms with E-state index in [-0.39, 0.29) is 17.7 Å². The standard InChI is InChI=1S/C24H49N3O2Si/c1-7-8-9-10-11-12-13-14-15-16-17-18-19-20-23(22(21-28)26-27-25)29-30(5,6)24(2,3)4/h19-20,22-23,28H,7-18,21H2,1-6H3/b20-19+/t22-,23+/m0/s1. The third kappa shape index (κ3) is 13.5. The number of nitrogens with zero attached hydrogens (tertiary/aromatic N) is 3. The van der Waals surface area contributed by atoms with Crippen LogP contribution in [0.5, 0.6) is 0 Å². The van der Waals surface area contributed by atoms with Crippen molar-refractivity contribution in [2.75, 3.05) is 6.61 Å². The Kier molecular flexibility index (Phi) is 16.4. The highest BCUT2D eigenvalue weighted by atomic mass is 28.4. The Morgan fingerprint density at radius 3 is 1.90 bits per heavy atom. The lowest BCUT2D eigenvalue weighted by atomic mass is 10.0. The minimum absolute atomic E-state index is 0.0610. The Morgan fingerprint density at radius 2 is 1.47 bits per heavy atom. The number of azide groups is 1. The summed E-state index contributed by atoms with van der Waals surface area (Å²) in [5.74, 6) is 0. The van der Waals surface area contributed by atoms with Gasteiger partial charge in [0.1, 0.15) is 0 Å². The van der Waals surface area contributed by atoms with E-state index in [0.29, 0.717) is 0 Å². The van der Waals surface area contributed by atoms with E-state index in [9.17, 15) is 5.11 Å². The van der Waals surface area contributed by atoms with E-state index in [2.05, 4.69) is 56.9 Å². The molecule has 176 valence electrons. The molecule has 0 aromatic carbocycles. The fourth-order valence-electron chi connectivity index (χ4n) is 3.19. The Bertz CT molecular complexity index is 497. The fraction of sp³-hybridized carbons (Fsp3) is 0.917. The maximum absolute atomic E-state index is 9.67. The number of aliphatic hydroxyl groups is 1. The average molecular weight is 440 g/mol. The Balaban J connectivity index is 4.29. The van der Waals surface area contributed by atoms with E-state index in [0.717, 1.165) is 6.42 Å². The maximum Gasteiger partial charge on any atom is 0.192 e. The van der Waals surface area contributed by atoms with Gasteiger partial charge in [0.25, 0.3) is 0 Å². The zero-order valence-corrected chi connectivity index (χ0v) is 21.7. The second-order valence-corrected chi connectivity index (χ2v) is 14.8. The molecule has 0 spiro atoms. The molecule has 2 atom stereocenters. The normalized spacial score (nSPS) is 14.6.